The maximum atomic E-state index is 15.1. The molecular formula is C39H45N3O5. The van der Waals surface area contributed by atoms with E-state index in [0.717, 1.165) is 16.3 Å². The molecule has 3 amide bonds. The van der Waals surface area contributed by atoms with Gasteiger partial charge < -0.3 is 24.5 Å². The summed E-state index contributed by atoms with van der Waals surface area (Å²) in [6, 6.07) is 21.9. The summed E-state index contributed by atoms with van der Waals surface area (Å²) in [5, 5.41) is 12.6. The van der Waals surface area contributed by atoms with Crippen molar-refractivity contribution in [1.29, 1.82) is 0 Å². The van der Waals surface area contributed by atoms with Crippen LogP contribution >= 0.6 is 0 Å². The Labute approximate surface area is 277 Å². The number of anilines is 1. The lowest BCUT2D eigenvalue weighted by atomic mass is 9.62. The molecule has 47 heavy (non-hydrogen) atoms. The molecule has 0 radical (unpaired) electrons. The number of carbonyl (C=O) groups is 3. The third-order valence-electron chi connectivity index (χ3n) is 10.8. The minimum Gasteiger partial charge on any atom is -0.394 e. The molecule has 1 spiro atoms. The zero-order valence-corrected chi connectivity index (χ0v) is 27.5. The molecule has 3 aromatic rings. The molecule has 3 saturated heterocycles. The van der Waals surface area contributed by atoms with E-state index in [0.29, 0.717) is 31.6 Å². The number of likely N-dealkylation sites (tertiary alicyclic amines) is 1. The Morgan fingerprint density at radius 3 is 2.36 bits per heavy atom. The predicted molar refractivity (Wildman–Crippen MR) is 183 cm³/mol. The van der Waals surface area contributed by atoms with Crippen molar-refractivity contribution < 1.29 is 24.2 Å². The van der Waals surface area contributed by atoms with Gasteiger partial charge in [0.1, 0.15) is 11.6 Å². The average Bonchev–Trinajstić information content (AvgIpc) is 3.60. The summed E-state index contributed by atoms with van der Waals surface area (Å²) < 4.78 is 7.01. The van der Waals surface area contributed by atoms with Gasteiger partial charge in [-0.05, 0) is 54.2 Å². The molecule has 8 nitrogen and oxygen atoms in total. The van der Waals surface area contributed by atoms with Crippen LogP contribution in [0.3, 0.4) is 0 Å². The first-order valence-corrected chi connectivity index (χ1v) is 16.6. The number of hydrogen-bond donors (Lipinski definition) is 1. The second-order valence-corrected chi connectivity index (χ2v) is 13.5. The Balaban J connectivity index is 1.45. The first-order chi connectivity index (χ1) is 22.6. The van der Waals surface area contributed by atoms with Gasteiger partial charge in [-0.1, -0.05) is 86.7 Å². The maximum absolute atomic E-state index is 15.1. The van der Waals surface area contributed by atoms with Gasteiger partial charge in [0.05, 0.1) is 30.1 Å². The highest BCUT2D eigenvalue weighted by molar-refractivity contribution is 6.06. The van der Waals surface area contributed by atoms with Crippen LogP contribution in [-0.4, -0.2) is 75.6 Å². The highest BCUT2D eigenvalue weighted by Gasteiger charge is 2.80. The number of ether oxygens (including phenoxy) is 1. The number of amides is 3. The van der Waals surface area contributed by atoms with Gasteiger partial charge in [-0.25, -0.2) is 0 Å². The smallest absolute Gasteiger partial charge is 0.253 e. The van der Waals surface area contributed by atoms with E-state index in [4.69, 9.17) is 4.74 Å². The van der Waals surface area contributed by atoms with Crippen LogP contribution in [0.4, 0.5) is 5.69 Å². The van der Waals surface area contributed by atoms with Gasteiger partial charge in [-0.2, -0.15) is 0 Å². The topological polar surface area (TPSA) is 90.4 Å². The van der Waals surface area contributed by atoms with Gasteiger partial charge in [0.2, 0.25) is 11.8 Å². The van der Waals surface area contributed by atoms with Crippen LogP contribution in [0.1, 0.15) is 39.2 Å². The van der Waals surface area contributed by atoms with Gasteiger partial charge in [-0.3, -0.25) is 14.4 Å². The summed E-state index contributed by atoms with van der Waals surface area (Å²) in [4.78, 5) is 49.5. The molecule has 2 bridgehead atoms. The average molecular weight is 636 g/mol. The van der Waals surface area contributed by atoms with Crippen molar-refractivity contribution in [2.75, 3.05) is 24.6 Å². The van der Waals surface area contributed by atoms with Crippen molar-refractivity contribution in [3.63, 3.8) is 0 Å². The first kappa shape index (κ1) is 32.7. The van der Waals surface area contributed by atoms with E-state index in [-0.39, 0.29) is 36.8 Å². The van der Waals surface area contributed by atoms with Gasteiger partial charge >= 0.3 is 0 Å². The largest absolute Gasteiger partial charge is 0.394 e. The number of fused-ring (bicyclic) bond motifs is 2. The van der Waals surface area contributed by atoms with Gasteiger partial charge in [0.25, 0.3) is 5.91 Å². The fourth-order valence-corrected chi connectivity index (χ4v) is 8.47. The van der Waals surface area contributed by atoms with Crippen molar-refractivity contribution in [3.8, 4) is 0 Å². The highest BCUT2D eigenvalue weighted by Crippen LogP contribution is 2.66. The van der Waals surface area contributed by atoms with E-state index < -0.39 is 35.1 Å². The van der Waals surface area contributed by atoms with Gasteiger partial charge in [0, 0.05) is 25.3 Å². The number of aliphatic hydroxyl groups excluding tert-OH is 1. The number of hydrogen-bond acceptors (Lipinski definition) is 5. The Bertz CT molecular complexity index is 1690. The predicted octanol–water partition coefficient (Wildman–Crippen LogP) is 5.36. The summed E-state index contributed by atoms with van der Waals surface area (Å²) >= 11 is 0. The normalized spacial score (nSPS) is 28.3. The summed E-state index contributed by atoms with van der Waals surface area (Å²) in [5.41, 5.74) is -0.564. The number of rotatable bonds is 12. The van der Waals surface area contributed by atoms with Crippen molar-refractivity contribution in [2.24, 2.45) is 17.8 Å². The number of benzene rings is 3. The molecular weight excluding hydrogens is 590 g/mol. The Morgan fingerprint density at radius 1 is 1.02 bits per heavy atom. The lowest BCUT2D eigenvalue weighted by molar-refractivity contribution is -0.154. The van der Waals surface area contributed by atoms with Crippen molar-refractivity contribution in [3.05, 3.63) is 104 Å². The monoisotopic (exact) mass is 635 g/mol. The maximum Gasteiger partial charge on any atom is 0.253 e. The summed E-state index contributed by atoms with van der Waals surface area (Å²) in [7, 11) is 0. The summed E-state index contributed by atoms with van der Waals surface area (Å²) in [6.07, 6.45) is 4.25. The second kappa shape index (κ2) is 12.7. The van der Waals surface area contributed by atoms with E-state index in [1.807, 2.05) is 93.6 Å². The van der Waals surface area contributed by atoms with Crippen LogP contribution in [0.15, 0.2) is 98.1 Å². The van der Waals surface area contributed by atoms with Gasteiger partial charge in [-0.15, -0.1) is 13.2 Å². The third kappa shape index (κ3) is 5.18. The zero-order valence-electron chi connectivity index (χ0n) is 27.5. The lowest BCUT2D eigenvalue weighted by Gasteiger charge is -2.39. The second-order valence-electron chi connectivity index (χ2n) is 13.5. The van der Waals surface area contributed by atoms with Gasteiger partial charge in [0.15, 0.2) is 0 Å². The number of aliphatic hydroxyl groups is 1. The van der Waals surface area contributed by atoms with Crippen LogP contribution in [0.25, 0.3) is 10.8 Å². The fourth-order valence-electron chi connectivity index (χ4n) is 8.47. The third-order valence-corrected chi connectivity index (χ3v) is 10.8. The fraction of sp³-hybridized carbons (Fsp3) is 0.410. The van der Waals surface area contributed by atoms with E-state index in [1.165, 1.54) is 0 Å². The molecule has 3 unspecified atom stereocenters. The van der Waals surface area contributed by atoms with Crippen LogP contribution in [0, 0.1) is 17.8 Å². The molecule has 0 aliphatic carbocycles. The van der Waals surface area contributed by atoms with Crippen LogP contribution < -0.4 is 4.90 Å². The highest BCUT2D eigenvalue weighted by atomic mass is 16.5. The standard InChI is InChI=1S/C39H45N3O5/c1-6-20-40(24-27-14-10-9-11-15-27)35(44)32-33-36(45)42(30(8-3)25-43)34(39(33)23-26(4)38(32,5)47-39)37(46)41(21-7-2)31-19-18-28-16-12-13-17-29(28)22-31/h6-7,9-19,22,26,30,32-34,43H,1-2,8,20-21,23-25H2,3-5H3/t26?,30-,32+,33-,34?,38-,39?/m0/s1. The van der Waals surface area contributed by atoms with Crippen molar-refractivity contribution >= 4 is 34.2 Å². The Morgan fingerprint density at radius 2 is 1.70 bits per heavy atom. The molecule has 8 heteroatoms. The van der Waals surface area contributed by atoms with E-state index in [9.17, 15) is 14.7 Å². The molecule has 3 fully saturated rings. The minimum atomic E-state index is -1.24. The summed E-state index contributed by atoms with van der Waals surface area (Å²) in [5.74, 6) is -2.61. The first-order valence-electron chi connectivity index (χ1n) is 16.6. The quantitative estimate of drug-likeness (QED) is 0.271. The minimum absolute atomic E-state index is 0.110. The zero-order chi connectivity index (χ0) is 33.5. The van der Waals surface area contributed by atoms with E-state index in [2.05, 4.69) is 13.2 Å². The van der Waals surface area contributed by atoms with Crippen molar-refractivity contribution in [1.82, 2.24) is 9.80 Å². The summed E-state index contributed by atoms with van der Waals surface area (Å²) in [6.45, 7) is 14.3. The SMILES string of the molecule is C=CCN(Cc1ccccc1)C(=O)[C@H]1[C@H]2C(=O)N([C@@H](CC)CO)C(C(=O)N(CC=C)c3ccc4ccccc4c3)C23CC(C)[C@]1(C)O3. The molecule has 246 valence electrons. The Kier molecular flexibility index (Phi) is 8.85. The number of carbonyl (C=O) groups excluding carboxylic acids is 3. The van der Waals surface area contributed by atoms with Crippen LogP contribution in [0.2, 0.25) is 0 Å². The van der Waals surface area contributed by atoms with E-state index >= 15 is 4.79 Å². The molecule has 3 heterocycles. The number of nitrogens with zero attached hydrogens (tertiary/aromatic N) is 3. The molecule has 0 aromatic heterocycles. The van der Waals surface area contributed by atoms with Crippen LogP contribution in [0.5, 0.6) is 0 Å². The molecule has 3 aliphatic rings. The molecule has 1 N–H and O–H groups in total. The van der Waals surface area contributed by atoms with Crippen molar-refractivity contribution in [2.45, 2.75) is 63.4 Å². The molecule has 3 aliphatic heterocycles. The van der Waals surface area contributed by atoms with E-state index in [1.54, 1.807) is 26.9 Å². The molecule has 0 saturated carbocycles. The molecule has 3 aromatic carbocycles. The molecule has 7 atom stereocenters. The Hall–Kier alpha value is -4.27. The van der Waals surface area contributed by atoms with Crippen LogP contribution in [-0.2, 0) is 25.7 Å². The lowest BCUT2D eigenvalue weighted by Crippen LogP contribution is -2.59. The molecule has 6 rings (SSSR count).